The summed E-state index contributed by atoms with van der Waals surface area (Å²) in [6.07, 6.45) is 3.27. The summed E-state index contributed by atoms with van der Waals surface area (Å²) in [5.41, 5.74) is 1.52. The van der Waals surface area contributed by atoms with Gasteiger partial charge in [0.15, 0.2) is 0 Å². The zero-order valence-electron chi connectivity index (χ0n) is 10.2. The molecule has 1 N–H and O–H groups in total. The van der Waals surface area contributed by atoms with Gasteiger partial charge in [-0.1, -0.05) is 11.2 Å². The molecule has 0 aliphatic rings. The largest absolute Gasteiger partial charge is 0.478 e. The van der Waals surface area contributed by atoms with E-state index in [9.17, 15) is 4.79 Å². The fraction of sp³-hybridized carbons (Fsp3) is 0. The van der Waals surface area contributed by atoms with Gasteiger partial charge in [-0.15, -0.1) is 0 Å². The van der Waals surface area contributed by atoms with Crippen molar-refractivity contribution in [3.63, 3.8) is 0 Å². The SMILES string of the molecule is O=C(O)c1cccc(-c2nc(-c3ccncc3)no2)c1. The molecule has 98 valence electrons. The highest BCUT2D eigenvalue weighted by atomic mass is 16.5. The molecule has 1 aromatic carbocycles. The van der Waals surface area contributed by atoms with E-state index in [1.807, 2.05) is 0 Å². The summed E-state index contributed by atoms with van der Waals surface area (Å²) in [6, 6.07) is 9.88. The van der Waals surface area contributed by atoms with Gasteiger partial charge in [0.25, 0.3) is 5.89 Å². The van der Waals surface area contributed by atoms with Crippen molar-refractivity contribution in [3.8, 4) is 22.8 Å². The topological polar surface area (TPSA) is 89.1 Å². The van der Waals surface area contributed by atoms with E-state index >= 15 is 0 Å². The maximum Gasteiger partial charge on any atom is 0.335 e. The Labute approximate surface area is 113 Å². The lowest BCUT2D eigenvalue weighted by atomic mass is 10.1. The normalized spacial score (nSPS) is 10.4. The first-order valence-electron chi connectivity index (χ1n) is 5.82. The highest BCUT2D eigenvalue weighted by molar-refractivity contribution is 5.89. The van der Waals surface area contributed by atoms with Crippen LogP contribution in [0, 0.1) is 0 Å². The van der Waals surface area contributed by atoms with Gasteiger partial charge < -0.3 is 9.63 Å². The van der Waals surface area contributed by atoms with Crippen molar-refractivity contribution in [2.24, 2.45) is 0 Å². The standard InChI is InChI=1S/C14H9N3O3/c18-14(19)11-3-1-2-10(8-11)13-16-12(17-20-13)9-4-6-15-7-5-9/h1-8H,(H,18,19). The molecule has 6 nitrogen and oxygen atoms in total. The van der Waals surface area contributed by atoms with Gasteiger partial charge in [-0.3, -0.25) is 4.98 Å². The van der Waals surface area contributed by atoms with Gasteiger partial charge in [-0.2, -0.15) is 4.98 Å². The van der Waals surface area contributed by atoms with Gasteiger partial charge in [0.2, 0.25) is 5.82 Å². The molecule has 0 fully saturated rings. The van der Waals surface area contributed by atoms with Crippen LogP contribution in [0.15, 0.2) is 53.3 Å². The van der Waals surface area contributed by atoms with E-state index in [0.717, 1.165) is 5.56 Å². The third-order valence-corrected chi connectivity index (χ3v) is 2.72. The van der Waals surface area contributed by atoms with E-state index in [2.05, 4.69) is 15.1 Å². The summed E-state index contributed by atoms with van der Waals surface area (Å²) in [4.78, 5) is 19.1. The first-order chi connectivity index (χ1) is 9.74. The molecule has 0 bridgehead atoms. The van der Waals surface area contributed by atoms with Gasteiger partial charge in [0.05, 0.1) is 5.56 Å². The number of aromatic carboxylic acids is 1. The average Bonchev–Trinajstić information content (AvgIpc) is 2.98. The molecule has 0 saturated heterocycles. The minimum absolute atomic E-state index is 0.172. The van der Waals surface area contributed by atoms with Crippen molar-refractivity contribution in [2.45, 2.75) is 0 Å². The number of carboxylic acid groups (broad SMARTS) is 1. The van der Waals surface area contributed by atoms with E-state index in [-0.39, 0.29) is 11.5 Å². The smallest absolute Gasteiger partial charge is 0.335 e. The lowest BCUT2D eigenvalue weighted by molar-refractivity contribution is 0.0697. The Hall–Kier alpha value is -3.02. The number of carbonyl (C=O) groups is 1. The van der Waals surface area contributed by atoms with Crippen molar-refractivity contribution < 1.29 is 14.4 Å². The van der Waals surface area contributed by atoms with Crippen LogP contribution in [-0.4, -0.2) is 26.2 Å². The van der Waals surface area contributed by atoms with Crippen LogP contribution in [0.1, 0.15) is 10.4 Å². The average molecular weight is 267 g/mol. The quantitative estimate of drug-likeness (QED) is 0.784. The van der Waals surface area contributed by atoms with Gasteiger partial charge >= 0.3 is 5.97 Å². The Balaban J connectivity index is 1.98. The zero-order valence-corrected chi connectivity index (χ0v) is 10.2. The molecule has 0 saturated carbocycles. The van der Waals surface area contributed by atoms with E-state index in [1.54, 1.807) is 36.7 Å². The summed E-state index contributed by atoms with van der Waals surface area (Å²) in [6.45, 7) is 0. The van der Waals surface area contributed by atoms with E-state index in [4.69, 9.17) is 9.63 Å². The lowest BCUT2D eigenvalue weighted by Crippen LogP contribution is -1.95. The Morgan fingerprint density at radius 3 is 2.65 bits per heavy atom. The van der Waals surface area contributed by atoms with Crippen LogP contribution in [0.4, 0.5) is 0 Å². The molecular weight excluding hydrogens is 258 g/mol. The number of nitrogens with zero attached hydrogens (tertiary/aromatic N) is 3. The number of aromatic nitrogens is 3. The van der Waals surface area contributed by atoms with E-state index < -0.39 is 5.97 Å². The summed E-state index contributed by atoms with van der Waals surface area (Å²) in [5.74, 6) is -0.288. The Morgan fingerprint density at radius 2 is 1.90 bits per heavy atom. The fourth-order valence-electron chi connectivity index (χ4n) is 1.74. The Morgan fingerprint density at radius 1 is 1.10 bits per heavy atom. The molecule has 2 aromatic heterocycles. The van der Waals surface area contributed by atoms with Crippen LogP contribution >= 0.6 is 0 Å². The molecule has 0 aliphatic carbocycles. The predicted octanol–water partition coefficient (Wildman–Crippen LogP) is 2.50. The molecule has 0 aliphatic heterocycles. The summed E-state index contributed by atoms with van der Waals surface area (Å²) in [7, 11) is 0. The Kier molecular flexibility index (Phi) is 2.96. The van der Waals surface area contributed by atoms with Crippen LogP contribution < -0.4 is 0 Å². The molecule has 0 spiro atoms. The monoisotopic (exact) mass is 267 g/mol. The molecule has 20 heavy (non-hydrogen) atoms. The Bertz CT molecular complexity index is 753. The molecule has 0 radical (unpaired) electrons. The van der Waals surface area contributed by atoms with E-state index in [1.165, 1.54) is 12.1 Å². The molecule has 2 heterocycles. The molecule has 3 aromatic rings. The van der Waals surface area contributed by atoms with Crippen LogP contribution in [-0.2, 0) is 0 Å². The molecule has 3 rings (SSSR count). The second kappa shape index (κ2) is 4.93. The molecule has 0 amide bonds. The molecule has 0 atom stereocenters. The second-order valence-corrected chi connectivity index (χ2v) is 4.04. The second-order valence-electron chi connectivity index (χ2n) is 4.04. The third kappa shape index (κ3) is 2.26. The van der Waals surface area contributed by atoms with E-state index in [0.29, 0.717) is 11.4 Å². The van der Waals surface area contributed by atoms with Gasteiger partial charge in [-0.05, 0) is 30.3 Å². The fourth-order valence-corrected chi connectivity index (χ4v) is 1.74. The van der Waals surface area contributed by atoms with Gasteiger partial charge in [-0.25, -0.2) is 4.79 Å². The first-order valence-corrected chi connectivity index (χ1v) is 5.82. The van der Waals surface area contributed by atoms with Crippen LogP contribution in [0.2, 0.25) is 0 Å². The van der Waals surface area contributed by atoms with Crippen molar-refractivity contribution in [3.05, 3.63) is 54.4 Å². The van der Waals surface area contributed by atoms with Crippen molar-refractivity contribution in [1.82, 2.24) is 15.1 Å². The van der Waals surface area contributed by atoms with Crippen LogP contribution in [0.25, 0.3) is 22.8 Å². The van der Waals surface area contributed by atoms with Crippen molar-refractivity contribution in [2.75, 3.05) is 0 Å². The highest BCUT2D eigenvalue weighted by Crippen LogP contribution is 2.22. The number of hydrogen-bond acceptors (Lipinski definition) is 5. The lowest BCUT2D eigenvalue weighted by Gasteiger charge is -1.96. The maximum absolute atomic E-state index is 10.9. The predicted molar refractivity (Wildman–Crippen MR) is 69.9 cm³/mol. The third-order valence-electron chi connectivity index (χ3n) is 2.72. The van der Waals surface area contributed by atoms with Crippen molar-refractivity contribution in [1.29, 1.82) is 0 Å². The molecule has 6 heteroatoms. The molecule has 0 unspecified atom stereocenters. The maximum atomic E-state index is 10.9. The summed E-state index contributed by atoms with van der Waals surface area (Å²) >= 11 is 0. The number of carboxylic acids is 1. The number of benzene rings is 1. The number of hydrogen-bond donors (Lipinski definition) is 1. The zero-order chi connectivity index (χ0) is 13.9. The summed E-state index contributed by atoms with van der Waals surface area (Å²) in [5, 5.41) is 12.8. The minimum atomic E-state index is -0.999. The van der Waals surface area contributed by atoms with Gasteiger partial charge in [0, 0.05) is 23.5 Å². The first kappa shape index (κ1) is 12.0. The highest BCUT2D eigenvalue weighted by Gasteiger charge is 2.12. The number of pyridine rings is 1. The molecular formula is C14H9N3O3. The van der Waals surface area contributed by atoms with Crippen molar-refractivity contribution >= 4 is 5.97 Å². The van der Waals surface area contributed by atoms with Crippen LogP contribution in [0.3, 0.4) is 0 Å². The summed E-state index contributed by atoms with van der Waals surface area (Å²) < 4.78 is 5.17. The minimum Gasteiger partial charge on any atom is -0.478 e. The van der Waals surface area contributed by atoms with Gasteiger partial charge in [0.1, 0.15) is 0 Å². The van der Waals surface area contributed by atoms with Crippen LogP contribution in [0.5, 0.6) is 0 Å². The number of rotatable bonds is 3.